The zero-order valence-electron chi connectivity index (χ0n) is 12.3. The summed E-state index contributed by atoms with van der Waals surface area (Å²) in [5.74, 6) is 0.369. The van der Waals surface area contributed by atoms with Gasteiger partial charge in [-0.25, -0.2) is 9.18 Å². The number of rotatable bonds is 1. The van der Waals surface area contributed by atoms with Crippen LogP contribution < -0.4 is 10.6 Å². The summed E-state index contributed by atoms with van der Waals surface area (Å²) in [6.45, 7) is 2.65. The molecule has 0 saturated carbocycles. The summed E-state index contributed by atoms with van der Waals surface area (Å²) >= 11 is 1.48. The van der Waals surface area contributed by atoms with E-state index >= 15 is 0 Å². The number of carbonyl (C=O) groups is 2. The second-order valence-corrected chi connectivity index (χ2v) is 6.56. The molecule has 5 nitrogen and oxygen atoms in total. The first-order chi connectivity index (χ1) is 10.6. The van der Waals surface area contributed by atoms with Crippen molar-refractivity contribution in [1.29, 1.82) is 0 Å². The van der Waals surface area contributed by atoms with E-state index in [4.69, 9.17) is 0 Å². The number of benzene rings is 1. The average Bonchev–Trinajstić information content (AvgIpc) is 2.51. The molecule has 2 unspecified atom stereocenters. The molecule has 3 rings (SSSR count). The van der Waals surface area contributed by atoms with Gasteiger partial charge in [0, 0.05) is 23.7 Å². The van der Waals surface area contributed by atoms with Gasteiger partial charge in [0.2, 0.25) is 5.91 Å². The molecule has 2 atom stereocenters. The van der Waals surface area contributed by atoms with Crippen LogP contribution in [-0.2, 0) is 4.79 Å². The first-order valence-electron chi connectivity index (χ1n) is 7.34. The molecule has 22 heavy (non-hydrogen) atoms. The Morgan fingerprint density at radius 3 is 3.14 bits per heavy atom. The van der Waals surface area contributed by atoms with Gasteiger partial charge in [-0.2, -0.15) is 0 Å². The molecule has 1 fully saturated rings. The predicted molar refractivity (Wildman–Crippen MR) is 82.2 cm³/mol. The van der Waals surface area contributed by atoms with E-state index in [0.29, 0.717) is 18.0 Å². The van der Waals surface area contributed by atoms with E-state index in [2.05, 4.69) is 10.6 Å². The molecule has 1 aromatic carbocycles. The minimum absolute atomic E-state index is 0.146. The minimum Gasteiger partial charge on any atom is -0.353 e. The quantitative estimate of drug-likeness (QED) is 0.830. The predicted octanol–water partition coefficient (Wildman–Crippen LogP) is 1.89. The van der Waals surface area contributed by atoms with Crippen molar-refractivity contribution in [2.24, 2.45) is 0 Å². The van der Waals surface area contributed by atoms with E-state index in [9.17, 15) is 14.0 Å². The second kappa shape index (κ2) is 6.16. The minimum atomic E-state index is -0.487. The van der Waals surface area contributed by atoms with Crippen LogP contribution in [0.2, 0.25) is 0 Å². The number of hydrogen-bond acceptors (Lipinski definition) is 3. The number of hydrogen-bond donors (Lipinski definition) is 2. The molecular weight excluding hydrogens is 305 g/mol. The SMILES string of the molecule is CC1C(=O)NCCN1C(=O)NC1CCSc2c(F)cccc21. The lowest BCUT2D eigenvalue weighted by atomic mass is 10.0. The number of nitrogens with one attached hydrogen (secondary N) is 2. The molecule has 0 radical (unpaired) electrons. The molecule has 2 heterocycles. The van der Waals surface area contributed by atoms with E-state index in [1.165, 1.54) is 22.7 Å². The molecule has 1 saturated heterocycles. The van der Waals surface area contributed by atoms with E-state index in [1.54, 1.807) is 13.0 Å². The Hall–Kier alpha value is -1.76. The van der Waals surface area contributed by atoms with E-state index < -0.39 is 6.04 Å². The van der Waals surface area contributed by atoms with Gasteiger partial charge in [0.15, 0.2) is 0 Å². The number of piperazine rings is 1. The van der Waals surface area contributed by atoms with Crippen LogP contribution in [0.15, 0.2) is 23.1 Å². The highest BCUT2D eigenvalue weighted by atomic mass is 32.2. The Morgan fingerprint density at radius 1 is 1.50 bits per heavy atom. The number of halogens is 1. The molecule has 0 aliphatic carbocycles. The number of nitrogens with zero attached hydrogens (tertiary/aromatic N) is 1. The van der Waals surface area contributed by atoms with Gasteiger partial charge < -0.3 is 15.5 Å². The fourth-order valence-electron chi connectivity index (χ4n) is 2.83. The number of carbonyl (C=O) groups excluding carboxylic acids is 2. The highest BCUT2D eigenvalue weighted by Gasteiger charge is 2.32. The lowest BCUT2D eigenvalue weighted by molar-refractivity contribution is -0.126. The molecule has 7 heteroatoms. The molecular formula is C15H18FN3O2S. The molecule has 0 spiro atoms. The summed E-state index contributed by atoms with van der Waals surface area (Å²) in [6, 6.07) is 3.98. The van der Waals surface area contributed by atoms with Crippen molar-refractivity contribution in [3.63, 3.8) is 0 Å². The molecule has 0 bridgehead atoms. The van der Waals surface area contributed by atoms with Crippen molar-refractivity contribution in [2.45, 2.75) is 30.3 Å². The summed E-state index contributed by atoms with van der Waals surface area (Å²) in [4.78, 5) is 26.3. The second-order valence-electron chi connectivity index (χ2n) is 5.46. The summed E-state index contributed by atoms with van der Waals surface area (Å²) in [6.07, 6.45) is 0.751. The first-order valence-corrected chi connectivity index (χ1v) is 8.32. The fourth-order valence-corrected chi connectivity index (χ4v) is 3.97. The zero-order valence-corrected chi connectivity index (χ0v) is 13.1. The Kier molecular flexibility index (Phi) is 4.24. The number of urea groups is 1. The fraction of sp³-hybridized carbons (Fsp3) is 0.467. The Morgan fingerprint density at radius 2 is 2.32 bits per heavy atom. The lowest BCUT2D eigenvalue weighted by Gasteiger charge is -2.35. The Labute approximate surface area is 132 Å². The van der Waals surface area contributed by atoms with Gasteiger partial charge >= 0.3 is 6.03 Å². The molecule has 2 aliphatic heterocycles. The van der Waals surface area contributed by atoms with Gasteiger partial charge in [0.05, 0.1) is 6.04 Å². The van der Waals surface area contributed by atoms with Crippen LogP contribution in [0.4, 0.5) is 9.18 Å². The Balaban J connectivity index is 1.76. The molecule has 2 aliphatic rings. The van der Waals surface area contributed by atoms with Crippen molar-refractivity contribution < 1.29 is 14.0 Å². The van der Waals surface area contributed by atoms with Gasteiger partial charge in [-0.1, -0.05) is 12.1 Å². The highest BCUT2D eigenvalue weighted by Crippen LogP contribution is 2.37. The van der Waals surface area contributed by atoms with Gasteiger partial charge in [0.1, 0.15) is 11.9 Å². The molecule has 1 aromatic rings. The van der Waals surface area contributed by atoms with Crippen LogP contribution in [0.1, 0.15) is 24.9 Å². The monoisotopic (exact) mass is 323 g/mol. The lowest BCUT2D eigenvalue weighted by Crippen LogP contribution is -2.58. The van der Waals surface area contributed by atoms with Gasteiger partial charge in [-0.05, 0) is 25.0 Å². The van der Waals surface area contributed by atoms with Crippen LogP contribution in [0, 0.1) is 5.82 Å². The normalized spacial score (nSPS) is 24.5. The Bertz CT molecular complexity index is 610. The van der Waals surface area contributed by atoms with E-state index in [-0.39, 0.29) is 23.8 Å². The number of fused-ring (bicyclic) bond motifs is 1. The number of amides is 3. The number of thioether (sulfide) groups is 1. The van der Waals surface area contributed by atoms with E-state index in [0.717, 1.165) is 17.7 Å². The third-order valence-corrected chi connectivity index (χ3v) is 5.24. The van der Waals surface area contributed by atoms with Gasteiger partial charge in [-0.15, -0.1) is 11.8 Å². The third kappa shape index (κ3) is 2.77. The molecule has 3 amide bonds. The maximum atomic E-state index is 13.9. The molecule has 2 N–H and O–H groups in total. The van der Waals surface area contributed by atoms with Crippen LogP contribution in [0.3, 0.4) is 0 Å². The van der Waals surface area contributed by atoms with Crippen molar-refractivity contribution >= 4 is 23.7 Å². The van der Waals surface area contributed by atoms with Crippen molar-refractivity contribution in [1.82, 2.24) is 15.5 Å². The van der Waals surface area contributed by atoms with Gasteiger partial charge in [-0.3, -0.25) is 4.79 Å². The average molecular weight is 323 g/mol. The van der Waals surface area contributed by atoms with Crippen molar-refractivity contribution in [3.8, 4) is 0 Å². The summed E-state index contributed by atoms with van der Waals surface area (Å²) < 4.78 is 13.9. The molecule has 118 valence electrons. The summed E-state index contributed by atoms with van der Waals surface area (Å²) in [5, 5.41) is 5.68. The van der Waals surface area contributed by atoms with Crippen molar-refractivity contribution in [3.05, 3.63) is 29.6 Å². The zero-order chi connectivity index (χ0) is 15.7. The van der Waals surface area contributed by atoms with Crippen LogP contribution in [0.5, 0.6) is 0 Å². The van der Waals surface area contributed by atoms with Crippen molar-refractivity contribution in [2.75, 3.05) is 18.8 Å². The molecule has 0 aromatic heterocycles. The maximum Gasteiger partial charge on any atom is 0.318 e. The first kappa shape index (κ1) is 15.1. The smallest absolute Gasteiger partial charge is 0.318 e. The van der Waals surface area contributed by atoms with Crippen LogP contribution in [-0.4, -0.2) is 41.7 Å². The van der Waals surface area contributed by atoms with Gasteiger partial charge in [0.25, 0.3) is 0 Å². The summed E-state index contributed by atoms with van der Waals surface area (Å²) in [5.41, 5.74) is 0.818. The third-order valence-electron chi connectivity index (χ3n) is 4.08. The topological polar surface area (TPSA) is 61.4 Å². The van der Waals surface area contributed by atoms with Crippen LogP contribution >= 0.6 is 11.8 Å². The van der Waals surface area contributed by atoms with E-state index in [1.807, 2.05) is 6.07 Å². The van der Waals surface area contributed by atoms with Crippen LogP contribution in [0.25, 0.3) is 0 Å². The summed E-state index contributed by atoms with van der Waals surface area (Å²) in [7, 11) is 0. The highest BCUT2D eigenvalue weighted by molar-refractivity contribution is 7.99. The maximum absolute atomic E-state index is 13.9. The largest absolute Gasteiger partial charge is 0.353 e. The standard InChI is InChI=1S/C15H18FN3O2S/c1-9-14(20)17-6-7-19(9)15(21)18-12-5-8-22-13-10(12)3-2-4-11(13)16/h2-4,9,12H,5-8H2,1H3,(H,17,20)(H,18,21).